The van der Waals surface area contributed by atoms with Gasteiger partial charge in [0, 0.05) is 11.6 Å². The average Bonchev–Trinajstić information content (AvgIpc) is 2.90. The van der Waals surface area contributed by atoms with Crippen LogP contribution in [0.25, 0.3) is 33.7 Å². The molecule has 2 aromatic heterocycles. The van der Waals surface area contributed by atoms with Crippen molar-refractivity contribution in [2.24, 2.45) is 0 Å². The molecule has 0 fully saturated rings. The van der Waals surface area contributed by atoms with E-state index in [9.17, 15) is 0 Å². The maximum Gasteiger partial charge on any atom is 0.266 e. The number of hydrogen-bond donors (Lipinski definition) is 0. The molecule has 0 atom stereocenters. The molecule has 0 amide bonds. The first kappa shape index (κ1) is 10.2. The number of oxazole rings is 1. The van der Waals surface area contributed by atoms with Gasteiger partial charge in [-0.2, -0.15) is 0 Å². The van der Waals surface area contributed by atoms with Crippen molar-refractivity contribution in [3.05, 3.63) is 54.7 Å². The predicted octanol–water partition coefficient (Wildman–Crippen LogP) is 3.44. The molecule has 0 aliphatic carbocycles. The summed E-state index contributed by atoms with van der Waals surface area (Å²) in [7, 11) is 0. The molecular weight excluding hydrogens is 238 g/mol. The highest BCUT2D eigenvalue weighted by Gasteiger charge is 2.10. The van der Waals surface area contributed by atoms with Gasteiger partial charge in [-0.1, -0.05) is 30.3 Å². The van der Waals surface area contributed by atoms with Crippen molar-refractivity contribution >= 4 is 22.0 Å². The number of aromatic nitrogens is 3. The summed E-state index contributed by atoms with van der Waals surface area (Å²) in [6.45, 7) is 0. The van der Waals surface area contributed by atoms with E-state index in [1.165, 1.54) is 0 Å². The van der Waals surface area contributed by atoms with E-state index >= 15 is 0 Å². The highest BCUT2D eigenvalue weighted by molar-refractivity contribution is 5.80. The van der Waals surface area contributed by atoms with Gasteiger partial charge in [0.25, 0.3) is 5.89 Å². The second kappa shape index (κ2) is 3.88. The van der Waals surface area contributed by atoms with Gasteiger partial charge in [0.1, 0.15) is 5.52 Å². The normalized spacial score (nSPS) is 11.2. The number of rotatable bonds is 1. The van der Waals surface area contributed by atoms with Crippen LogP contribution >= 0.6 is 0 Å². The van der Waals surface area contributed by atoms with Gasteiger partial charge in [-0.15, -0.1) is 0 Å². The minimum Gasteiger partial charge on any atom is -0.434 e. The molecule has 90 valence electrons. The van der Waals surface area contributed by atoms with Crippen molar-refractivity contribution in [2.45, 2.75) is 0 Å². The molecule has 0 radical (unpaired) electrons. The highest BCUT2D eigenvalue weighted by atomic mass is 16.3. The lowest BCUT2D eigenvalue weighted by molar-refractivity contribution is 0.613. The molecule has 0 saturated carbocycles. The Balaban J connectivity index is 1.93. The van der Waals surface area contributed by atoms with Crippen molar-refractivity contribution < 1.29 is 4.42 Å². The van der Waals surface area contributed by atoms with E-state index in [4.69, 9.17) is 4.42 Å². The van der Waals surface area contributed by atoms with Gasteiger partial charge in [0.15, 0.2) is 5.58 Å². The van der Waals surface area contributed by atoms with Crippen molar-refractivity contribution in [3.8, 4) is 11.7 Å². The molecule has 4 aromatic rings. The summed E-state index contributed by atoms with van der Waals surface area (Å²) in [5.41, 5.74) is 2.44. The quantitative estimate of drug-likeness (QED) is 0.517. The van der Waals surface area contributed by atoms with Crippen molar-refractivity contribution in [3.63, 3.8) is 0 Å². The summed E-state index contributed by atoms with van der Waals surface area (Å²) in [5, 5.41) is 1.00. The maximum absolute atomic E-state index is 5.67. The highest BCUT2D eigenvalue weighted by Crippen LogP contribution is 2.22. The molecule has 2 heterocycles. The van der Waals surface area contributed by atoms with Crippen LogP contribution in [0.3, 0.4) is 0 Å². The van der Waals surface area contributed by atoms with E-state index in [0.29, 0.717) is 11.7 Å². The second-order valence-corrected chi connectivity index (χ2v) is 4.24. The summed E-state index contributed by atoms with van der Waals surface area (Å²) in [4.78, 5) is 13.2. The van der Waals surface area contributed by atoms with Gasteiger partial charge in [-0.3, -0.25) is 0 Å². The minimum absolute atomic E-state index is 0.451. The zero-order valence-corrected chi connectivity index (χ0v) is 9.95. The van der Waals surface area contributed by atoms with Gasteiger partial charge in [0.05, 0.1) is 5.52 Å². The molecule has 0 N–H and O–H groups in total. The smallest absolute Gasteiger partial charge is 0.266 e. The first-order valence-electron chi connectivity index (χ1n) is 5.98. The average molecular weight is 247 g/mol. The summed E-state index contributed by atoms with van der Waals surface area (Å²) >= 11 is 0. The third-order valence-electron chi connectivity index (χ3n) is 2.97. The molecule has 0 spiro atoms. The summed E-state index contributed by atoms with van der Waals surface area (Å²) < 4.78 is 5.67. The summed E-state index contributed by atoms with van der Waals surface area (Å²) in [5.74, 6) is 0.960. The Morgan fingerprint density at radius 2 is 1.58 bits per heavy atom. The molecule has 19 heavy (non-hydrogen) atoms. The van der Waals surface area contributed by atoms with Crippen LogP contribution in [0.15, 0.2) is 59.1 Å². The van der Waals surface area contributed by atoms with Crippen LogP contribution < -0.4 is 0 Å². The Labute approximate surface area is 108 Å². The second-order valence-electron chi connectivity index (χ2n) is 4.24. The van der Waals surface area contributed by atoms with Crippen LogP contribution in [0.5, 0.6) is 0 Å². The Morgan fingerprint density at radius 3 is 2.47 bits per heavy atom. The number of hydrogen-bond acceptors (Lipinski definition) is 4. The number of fused-ring (bicyclic) bond motifs is 2. The lowest BCUT2D eigenvalue weighted by atomic mass is 10.2. The monoisotopic (exact) mass is 247 g/mol. The van der Waals surface area contributed by atoms with Crippen LogP contribution in [0.4, 0.5) is 0 Å². The van der Waals surface area contributed by atoms with Gasteiger partial charge in [-0.05, 0) is 18.2 Å². The summed E-state index contributed by atoms with van der Waals surface area (Å²) in [6, 6.07) is 15.5. The van der Waals surface area contributed by atoms with Crippen LogP contribution in [-0.4, -0.2) is 15.0 Å². The van der Waals surface area contributed by atoms with Crippen LogP contribution in [0.2, 0.25) is 0 Å². The minimum atomic E-state index is 0.451. The SMILES string of the molecule is c1ccc2nc(-c3nc4ccccc4o3)ncc2c1. The first-order valence-corrected chi connectivity index (χ1v) is 5.98. The molecular formula is C15H9N3O. The van der Waals surface area contributed by atoms with E-state index in [2.05, 4.69) is 15.0 Å². The molecule has 4 nitrogen and oxygen atoms in total. The largest absolute Gasteiger partial charge is 0.434 e. The van der Waals surface area contributed by atoms with Gasteiger partial charge < -0.3 is 4.42 Å². The van der Waals surface area contributed by atoms with Crippen molar-refractivity contribution in [1.29, 1.82) is 0 Å². The third-order valence-corrected chi connectivity index (χ3v) is 2.97. The molecule has 2 aromatic carbocycles. The standard InChI is InChI=1S/C15H9N3O/c1-2-6-11-10(5-1)9-16-14(17-11)15-18-12-7-3-4-8-13(12)19-15/h1-9H. The molecule has 4 heteroatoms. The lowest BCUT2D eigenvalue weighted by Crippen LogP contribution is -1.89. The zero-order chi connectivity index (χ0) is 12.7. The van der Waals surface area contributed by atoms with Gasteiger partial charge in [0.2, 0.25) is 5.82 Å². The van der Waals surface area contributed by atoms with Crippen LogP contribution in [0, 0.1) is 0 Å². The van der Waals surface area contributed by atoms with Crippen molar-refractivity contribution in [2.75, 3.05) is 0 Å². The molecule has 0 aliphatic heterocycles. The number of nitrogens with zero attached hydrogens (tertiary/aromatic N) is 3. The Morgan fingerprint density at radius 1 is 0.789 bits per heavy atom. The summed E-state index contributed by atoms with van der Waals surface area (Å²) in [6.07, 6.45) is 1.78. The lowest BCUT2D eigenvalue weighted by Gasteiger charge is -1.97. The Bertz CT molecular complexity index is 849. The first-order chi connectivity index (χ1) is 9.40. The number of para-hydroxylation sites is 3. The molecule has 0 unspecified atom stereocenters. The van der Waals surface area contributed by atoms with Crippen LogP contribution in [0.1, 0.15) is 0 Å². The Hall–Kier alpha value is -2.75. The van der Waals surface area contributed by atoms with E-state index in [-0.39, 0.29) is 0 Å². The number of benzene rings is 2. The maximum atomic E-state index is 5.67. The third kappa shape index (κ3) is 1.65. The van der Waals surface area contributed by atoms with Gasteiger partial charge >= 0.3 is 0 Å². The fraction of sp³-hybridized carbons (Fsp3) is 0. The fourth-order valence-corrected chi connectivity index (χ4v) is 2.04. The molecule has 0 aliphatic rings. The van der Waals surface area contributed by atoms with Gasteiger partial charge in [-0.25, -0.2) is 15.0 Å². The van der Waals surface area contributed by atoms with Crippen LogP contribution in [-0.2, 0) is 0 Å². The molecule has 0 bridgehead atoms. The Kier molecular flexibility index (Phi) is 2.08. The zero-order valence-electron chi connectivity index (χ0n) is 9.95. The van der Waals surface area contributed by atoms with E-state index < -0.39 is 0 Å². The van der Waals surface area contributed by atoms with E-state index in [1.54, 1.807) is 6.20 Å². The molecule has 4 rings (SSSR count). The fourth-order valence-electron chi connectivity index (χ4n) is 2.04. The van der Waals surface area contributed by atoms with Crippen molar-refractivity contribution in [1.82, 2.24) is 15.0 Å². The topological polar surface area (TPSA) is 51.8 Å². The predicted molar refractivity (Wildman–Crippen MR) is 72.5 cm³/mol. The van der Waals surface area contributed by atoms with E-state index in [1.807, 2.05) is 48.5 Å². The van der Waals surface area contributed by atoms with E-state index in [0.717, 1.165) is 22.0 Å². The molecule has 0 saturated heterocycles.